The van der Waals surface area contributed by atoms with Crippen molar-refractivity contribution in [3.8, 4) is 0 Å². The van der Waals surface area contributed by atoms with E-state index in [4.69, 9.17) is 4.42 Å². The lowest BCUT2D eigenvalue weighted by molar-refractivity contribution is 0.555. The van der Waals surface area contributed by atoms with Gasteiger partial charge in [0.05, 0.1) is 11.7 Å². The summed E-state index contributed by atoms with van der Waals surface area (Å²) in [6, 6.07) is 5.52. The summed E-state index contributed by atoms with van der Waals surface area (Å²) in [5, 5.41) is 7.59. The topological polar surface area (TPSA) is 75.8 Å². The van der Waals surface area contributed by atoms with Gasteiger partial charge in [0.1, 0.15) is 0 Å². The molecule has 0 bridgehead atoms. The Kier molecular flexibility index (Phi) is 3.28. The standard InChI is InChI=1S/C14H16N4O2/c1-2-5-18-9-10(8-16-18)7-15-11-3-4-13-12(6-11)17-14(19)20-13/h3-4,6,8-9,15H,2,5,7H2,1H3,(H,17,19). The third-order valence-corrected chi connectivity index (χ3v) is 3.06. The monoisotopic (exact) mass is 272 g/mol. The van der Waals surface area contributed by atoms with Crippen LogP contribution in [-0.2, 0) is 13.1 Å². The Morgan fingerprint density at radius 3 is 3.20 bits per heavy atom. The second-order valence-electron chi connectivity index (χ2n) is 4.69. The van der Waals surface area contributed by atoms with Gasteiger partial charge in [0.15, 0.2) is 5.58 Å². The summed E-state index contributed by atoms with van der Waals surface area (Å²) < 4.78 is 6.90. The van der Waals surface area contributed by atoms with Crippen molar-refractivity contribution in [2.75, 3.05) is 5.32 Å². The van der Waals surface area contributed by atoms with Crippen molar-refractivity contribution >= 4 is 16.8 Å². The summed E-state index contributed by atoms with van der Waals surface area (Å²) in [7, 11) is 0. The molecule has 2 N–H and O–H groups in total. The minimum atomic E-state index is -0.432. The molecule has 0 saturated carbocycles. The van der Waals surface area contributed by atoms with Crippen LogP contribution in [0, 0.1) is 0 Å². The zero-order valence-corrected chi connectivity index (χ0v) is 11.2. The average molecular weight is 272 g/mol. The quantitative estimate of drug-likeness (QED) is 0.747. The highest BCUT2D eigenvalue weighted by atomic mass is 16.4. The molecule has 6 heteroatoms. The van der Waals surface area contributed by atoms with Crippen LogP contribution in [0.3, 0.4) is 0 Å². The Balaban J connectivity index is 1.70. The Morgan fingerprint density at radius 2 is 2.35 bits per heavy atom. The number of H-pyrrole nitrogens is 1. The van der Waals surface area contributed by atoms with Gasteiger partial charge in [0, 0.05) is 30.5 Å². The number of fused-ring (bicyclic) bond motifs is 1. The van der Waals surface area contributed by atoms with Gasteiger partial charge in [-0.15, -0.1) is 0 Å². The molecule has 0 aliphatic heterocycles. The van der Waals surface area contributed by atoms with E-state index in [2.05, 4.69) is 22.3 Å². The molecule has 0 radical (unpaired) electrons. The molecule has 0 atom stereocenters. The van der Waals surface area contributed by atoms with E-state index < -0.39 is 5.76 Å². The number of nitrogens with one attached hydrogen (secondary N) is 2. The minimum absolute atomic E-state index is 0.432. The van der Waals surface area contributed by atoms with Crippen molar-refractivity contribution in [3.05, 3.63) is 46.7 Å². The zero-order valence-electron chi connectivity index (χ0n) is 11.2. The van der Waals surface area contributed by atoms with Crippen LogP contribution < -0.4 is 11.1 Å². The number of aromatic nitrogens is 3. The molecule has 104 valence electrons. The van der Waals surface area contributed by atoms with E-state index in [1.54, 1.807) is 6.07 Å². The van der Waals surface area contributed by atoms with E-state index in [1.807, 2.05) is 29.2 Å². The number of aryl methyl sites for hydroxylation is 1. The molecule has 0 aliphatic rings. The molecule has 20 heavy (non-hydrogen) atoms. The lowest BCUT2D eigenvalue weighted by Gasteiger charge is -2.04. The molecule has 0 aliphatic carbocycles. The highest BCUT2D eigenvalue weighted by Gasteiger charge is 2.03. The van der Waals surface area contributed by atoms with Gasteiger partial charge in [-0.2, -0.15) is 5.10 Å². The lowest BCUT2D eigenvalue weighted by atomic mass is 10.2. The van der Waals surface area contributed by atoms with Crippen LogP contribution in [0.15, 0.2) is 39.8 Å². The Bertz CT molecular complexity index is 769. The van der Waals surface area contributed by atoms with E-state index in [0.717, 1.165) is 24.2 Å². The average Bonchev–Trinajstić information content (AvgIpc) is 3.01. The van der Waals surface area contributed by atoms with Crippen LogP contribution >= 0.6 is 0 Å². The molecule has 6 nitrogen and oxygen atoms in total. The molecule has 0 spiro atoms. The smallest absolute Gasteiger partial charge is 0.408 e. The minimum Gasteiger partial charge on any atom is -0.408 e. The van der Waals surface area contributed by atoms with Gasteiger partial charge in [0.2, 0.25) is 0 Å². The third-order valence-electron chi connectivity index (χ3n) is 3.06. The summed E-state index contributed by atoms with van der Waals surface area (Å²) in [4.78, 5) is 13.7. The summed E-state index contributed by atoms with van der Waals surface area (Å²) in [5.74, 6) is -0.432. The predicted molar refractivity (Wildman–Crippen MR) is 76.7 cm³/mol. The Hall–Kier alpha value is -2.50. The fourth-order valence-corrected chi connectivity index (χ4v) is 2.12. The summed E-state index contributed by atoms with van der Waals surface area (Å²) >= 11 is 0. The van der Waals surface area contributed by atoms with E-state index in [1.165, 1.54) is 0 Å². The highest BCUT2D eigenvalue weighted by Crippen LogP contribution is 2.16. The van der Waals surface area contributed by atoms with Gasteiger partial charge in [-0.25, -0.2) is 4.79 Å². The maximum atomic E-state index is 11.1. The summed E-state index contributed by atoms with van der Waals surface area (Å²) in [5.41, 5.74) is 3.31. The fraction of sp³-hybridized carbons (Fsp3) is 0.286. The maximum absolute atomic E-state index is 11.1. The Morgan fingerprint density at radius 1 is 1.45 bits per heavy atom. The van der Waals surface area contributed by atoms with E-state index in [-0.39, 0.29) is 0 Å². The van der Waals surface area contributed by atoms with E-state index >= 15 is 0 Å². The molecule has 3 aromatic rings. The first-order valence-electron chi connectivity index (χ1n) is 6.62. The zero-order chi connectivity index (χ0) is 13.9. The van der Waals surface area contributed by atoms with Crippen LogP contribution in [0.2, 0.25) is 0 Å². The molecular formula is C14H16N4O2. The van der Waals surface area contributed by atoms with Crippen LogP contribution in [0.25, 0.3) is 11.1 Å². The van der Waals surface area contributed by atoms with Gasteiger partial charge in [-0.3, -0.25) is 9.67 Å². The number of hydrogen-bond acceptors (Lipinski definition) is 4. The van der Waals surface area contributed by atoms with Crippen molar-refractivity contribution in [2.24, 2.45) is 0 Å². The number of nitrogens with zero attached hydrogens (tertiary/aromatic N) is 2. The van der Waals surface area contributed by atoms with Crippen LogP contribution in [-0.4, -0.2) is 14.8 Å². The van der Waals surface area contributed by atoms with Crippen molar-refractivity contribution in [1.82, 2.24) is 14.8 Å². The van der Waals surface area contributed by atoms with Gasteiger partial charge in [0.25, 0.3) is 0 Å². The van der Waals surface area contributed by atoms with Crippen molar-refractivity contribution in [1.29, 1.82) is 0 Å². The molecule has 0 saturated heterocycles. The molecule has 0 amide bonds. The molecule has 0 fully saturated rings. The van der Waals surface area contributed by atoms with Crippen LogP contribution in [0.1, 0.15) is 18.9 Å². The number of benzene rings is 1. The number of aromatic amines is 1. The fourth-order valence-electron chi connectivity index (χ4n) is 2.12. The van der Waals surface area contributed by atoms with Gasteiger partial charge in [-0.05, 0) is 24.6 Å². The molecule has 1 aromatic carbocycles. The second kappa shape index (κ2) is 5.24. The largest absolute Gasteiger partial charge is 0.417 e. The molecule has 2 heterocycles. The first-order chi connectivity index (χ1) is 9.74. The van der Waals surface area contributed by atoms with Crippen molar-refractivity contribution < 1.29 is 4.42 Å². The Labute approximate surface area is 115 Å². The number of hydrogen-bond donors (Lipinski definition) is 2. The number of anilines is 1. The van der Waals surface area contributed by atoms with Crippen LogP contribution in [0.4, 0.5) is 5.69 Å². The summed E-state index contributed by atoms with van der Waals surface area (Å²) in [6.07, 6.45) is 4.97. The van der Waals surface area contributed by atoms with Crippen LogP contribution in [0.5, 0.6) is 0 Å². The third kappa shape index (κ3) is 2.59. The highest BCUT2D eigenvalue weighted by molar-refractivity contribution is 5.76. The lowest BCUT2D eigenvalue weighted by Crippen LogP contribution is -1.99. The van der Waals surface area contributed by atoms with Gasteiger partial charge >= 0.3 is 5.76 Å². The molecular weight excluding hydrogens is 256 g/mol. The first kappa shape index (κ1) is 12.5. The maximum Gasteiger partial charge on any atom is 0.417 e. The molecule has 2 aromatic heterocycles. The first-order valence-corrected chi connectivity index (χ1v) is 6.62. The van der Waals surface area contributed by atoms with Gasteiger partial charge in [-0.1, -0.05) is 6.92 Å². The number of oxazole rings is 1. The SMILES string of the molecule is CCCn1cc(CNc2ccc3oc(=O)[nH]c3c2)cn1. The molecule has 3 rings (SSSR count). The normalized spacial score (nSPS) is 11.1. The number of rotatable bonds is 5. The molecule has 0 unspecified atom stereocenters. The summed E-state index contributed by atoms with van der Waals surface area (Å²) in [6.45, 7) is 3.75. The second-order valence-corrected chi connectivity index (χ2v) is 4.69. The van der Waals surface area contributed by atoms with E-state index in [0.29, 0.717) is 17.6 Å². The van der Waals surface area contributed by atoms with Gasteiger partial charge < -0.3 is 9.73 Å². The van der Waals surface area contributed by atoms with Crippen molar-refractivity contribution in [3.63, 3.8) is 0 Å². The van der Waals surface area contributed by atoms with E-state index in [9.17, 15) is 4.79 Å². The predicted octanol–water partition coefficient (Wildman–Crippen LogP) is 2.34. The van der Waals surface area contributed by atoms with Crippen molar-refractivity contribution in [2.45, 2.75) is 26.4 Å².